The van der Waals surface area contributed by atoms with Crippen LogP contribution in [0.4, 0.5) is 0 Å². The van der Waals surface area contributed by atoms with Crippen molar-refractivity contribution in [3.8, 4) is 11.5 Å². The summed E-state index contributed by atoms with van der Waals surface area (Å²) in [6.07, 6.45) is 0.779. The van der Waals surface area contributed by atoms with E-state index < -0.39 is 0 Å². The van der Waals surface area contributed by atoms with E-state index in [9.17, 15) is 4.79 Å². The second kappa shape index (κ2) is 9.72. The molecule has 0 saturated carbocycles. The van der Waals surface area contributed by atoms with Gasteiger partial charge in [0, 0.05) is 18.0 Å². The number of aryl methyl sites for hydroxylation is 1. The number of para-hydroxylation sites is 2. The number of hydrogen-bond acceptors (Lipinski definition) is 6. The number of imidazole rings is 1. The van der Waals surface area contributed by atoms with Gasteiger partial charge in [0.15, 0.2) is 16.7 Å². The third-order valence-electron chi connectivity index (χ3n) is 6.27. The van der Waals surface area contributed by atoms with Crippen LogP contribution in [-0.2, 0) is 17.8 Å². The van der Waals surface area contributed by atoms with Crippen molar-refractivity contribution in [2.24, 2.45) is 0 Å². The van der Waals surface area contributed by atoms with Gasteiger partial charge in [0.05, 0.1) is 37.0 Å². The minimum absolute atomic E-state index is 0.110. The lowest BCUT2D eigenvalue weighted by Gasteiger charge is -2.37. The lowest BCUT2D eigenvalue weighted by Crippen LogP contribution is -2.41. The van der Waals surface area contributed by atoms with Crippen LogP contribution in [0.15, 0.2) is 59.1 Å². The average Bonchev–Trinajstić information content (AvgIpc) is 3.53. The summed E-state index contributed by atoms with van der Waals surface area (Å²) in [5, 5.41) is 2.94. The number of methoxy groups -OCH3 is 2. The number of rotatable bonds is 7. The fourth-order valence-electron chi connectivity index (χ4n) is 4.65. The van der Waals surface area contributed by atoms with E-state index in [1.807, 2.05) is 35.2 Å². The largest absolute Gasteiger partial charge is 0.493 e. The molecule has 3 heterocycles. The van der Waals surface area contributed by atoms with Gasteiger partial charge >= 0.3 is 0 Å². The molecule has 0 saturated heterocycles. The first-order valence-electron chi connectivity index (χ1n) is 11.3. The topological polar surface area (TPSA) is 56.6 Å². The van der Waals surface area contributed by atoms with Crippen molar-refractivity contribution in [3.05, 3.63) is 69.9 Å². The number of aromatic nitrogens is 2. The van der Waals surface area contributed by atoms with E-state index in [0.717, 1.165) is 45.3 Å². The van der Waals surface area contributed by atoms with Crippen LogP contribution in [0, 0.1) is 0 Å². The van der Waals surface area contributed by atoms with Crippen molar-refractivity contribution in [1.29, 1.82) is 0 Å². The van der Waals surface area contributed by atoms with Gasteiger partial charge in [-0.15, -0.1) is 11.3 Å². The van der Waals surface area contributed by atoms with E-state index in [2.05, 4.69) is 35.1 Å². The van der Waals surface area contributed by atoms with Gasteiger partial charge in [-0.25, -0.2) is 4.98 Å². The summed E-state index contributed by atoms with van der Waals surface area (Å²) in [7, 11) is 3.30. The molecular weight excluding hydrogens is 466 g/mol. The number of carbonyl (C=O) groups is 1. The predicted molar refractivity (Wildman–Crippen MR) is 137 cm³/mol. The van der Waals surface area contributed by atoms with Gasteiger partial charge in [-0.05, 0) is 60.2 Å². The quantitative estimate of drug-likeness (QED) is 0.323. The van der Waals surface area contributed by atoms with Crippen molar-refractivity contribution in [1.82, 2.24) is 14.5 Å². The molecule has 5 rings (SSSR count). The minimum Gasteiger partial charge on any atom is -0.493 e. The van der Waals surface area contributed by atoms with Crippen LogP contribution < -0.4 is 9.47 Å². The normalized spacial score (nSPS) is 15.4. The second-order valence-corrected chi connectivity index (χ2v) is 10.00. The standard InChI is InChI=1S/C26H27N3O3S2/c1-4-28-20-9-6-5-8-19(20)27-26(28)34-16-24(30)29-12-11-17-14-21(31-2)22(32-3)15-18(17)25(29)23-10-7-13-33-23/h5-10,13-15,25H,4,11-12,16H2,1-3H3. The smallest absolute Gasteiger partial charge is 0.233 e. The van der Waals surface area contributed by atoms with Crippen molar-refractivity contribution in [2.75, 3.05) is 26.5 Å². The van der Waals surface area contributed by atoms with Gasteiger partial charge in [-0.1, -0.05) is 30.0 Å². The Hall–Kier alpha value is -2.97. The number of carbonyl (C=O) groups excluding carboxylic acids is 1. The Bertz CT molecular complexity index is 1320. The van der Waals surface area contributed by atoms with Crippen LogP contribution in [0.1, 0.15) is 29.0 Å². The molecule has 176 valence electrons. The second-order valence-electron chi connectivity index (χ2n) is 8.08. The molecule has 8 heteroatoms. The third-order valence-corrected chi connectivity index (χ3v) is 8.15. The Kier molecular flexibility index (Phi) is 6.52. The molecule has 1 unspecified atom stereocenters. The summed E-state index contributed by atoms with van der Waals surface area (Å²) < 4.78 is 13.3. The highest BCUT2D eigenvalue weighted by Gasteiger charge is 2.34. The Balaban J connectivity index is 1.44. The molecule has 0 fully saturated rings. The molecule has 0 radical (unpaired) electrons. The number of thioether (sulfide) groups is 1. The molecule has 0 bridgehead atoms. The predicted octanol–water partition coefficient (Wildman–Crippen LogP) is 5.40. The molecule has 0 aliphatic carbocycles. The zero-order valence-corrected chi connectivity index (χ0v) is 21.1. The van der Waals surface area contributed by atoms with Crippen LogP contribution in [-0.4, -0.2) is 46.9 Å². The summed E-state index contributed by atoms with van der Waals surface area (Å²) >= 11 is 3.18. The van der Waals surface area contributed by atoms with E-state index >= 15 is 0 Å². The zero-order chi connectivity index (χ0) is 23.7. The first-order chi connectivity index (χ1) is 16.6. The average molecular weight is 494 g/mol. The van der Waals surface area contributed by atoms with Crippen molar-refractivity contribution in [3.63, 3.8) is 0 Å². The molecule has 0 spiro atoms. The summed E-state index contributed by atoms with van der Waals surface area (Å²) in [5.74, 6) is 1.86. The fourth-order valence-corrected chi connectivity index (χ4v) is 6.47. The van der Waals surface area contributed by atoms with Gasteiger partial charge in [0.1, 0.15) is 0 Å². The van der Waals surface area contributed by atoms with Gasteiger partial charge in [-0.3, -0.25) is 4.79 Å². The van der Waals surface area contributed by atoms with Crippen LogP contribution in [0.25, 0.3) is 11.0 Å². The molecule has 1 aliphatic rings. The van der Waals surface area contributed by atoms with Gasteiger partial charge in [-0.2, -0.15) is 0 Å². The van der Waals surface area contributed by atoms with E-state index in [0.29, 0.717) is 18.0 Å². The lowest BCUT2D eigenvalue weighted by molar-refractivity contribution is -0.130. The number of benzene rings is 2. The maximum Gasteiger partial charge on any atom is 0.233 e. The SMILES string of the molecule is CCn1c(SCC(=O)N2CCc3cc(OC)c(OC)cc3C2c2cccs2)nc2ccccc21. The Morgan fingerprint density at radius 3 is 2.68 bits per heavy atom. The van der Waals surface area contributed by atoms with Gasteiger partial charge < -0.3 is 18.9 Å². The highest BCUT2D eigenvalue weighted by atomic mass is 32.2. The van der Waals surface area contributed by atoms with Crippen LogP contribution in [0.3, 0.4) is 0 Å². The molecule has 6 nitrogen and oxygen atoms in total. The Labute approximate surface area is 207 Å². The van der Waals surface area contributed by atoms with Crippen LogP contribution >= 0.6 is 23.1 Å². The summed E-state index contributed by atoms with van der Waals surface area (Å²) in [6, 6.07) is 16.2. The third kappa shape index (κ3) is 4.05. The fraction of sp³-hybridized carbons (Fsp3) is 0.308. The minimum atomic E-state index is -0.137. The molecule has 4 aromatic rings. The van der Waals surface area contributed by atoms with Crippen molar-refractivity contribution >= 4 is 40.0 Å². The number of thiophene rings is 1. The number of nitrogens with zero attached hydrogens (tertiary/aromatic N) is 3. The van der Waals surface area contributed by atoms with Crippen molar-refractivity contribution < 1.29 is 14.3 Å². The van der Waals surface area contributed by atoms with Gasteiger partial charge in [0.25, 0.3) is 0 Å². The maximum atomic E-state index is 13.6. The molecule has 2 aromatic heterocycles. The molecule has 34 heavy (non-hydrogen) atoms. The first-order valence-corrected chi connectivity index (χ1v) is 13.2. The number of fused-ring (bicyclic) bond motifs is 2. The molecular formula is C26H27N3O3S2. The van der Waals surface area contributed by atoms with E-state index in [4.69, 9.17) is 14.5 Å². The van der Waals surface area contributed by atoms with Gasteiger partial charge in [0.2, 0.25) is 5.91 Å². The van der Waals surface area contributed by atoms with Crippen molar-refractivity contribution in [2.45, 2.75) is 31.1 Å². The number of ether oxygens (including phenoxy) is 2. The first kappa shape index (κ1) is 22.8. The molecule has 0 N–H and O–H groups in total. The zero-order valence-electron chi connectivity index (χ0n) is 19.5. The lowest BCUT2D eigenvalue weighted by atomic mass is 9.91. The highest BCUT2D eigenvalue weighted by Crippen LogP contribution is 2.42. The summed E-state index contributed by atoms with van der Waals surface area (Å²) in [6.45, 7) is 3.58. The van der Waals surface area contributed by atoms with E-state index in [-0.39, 0.29) is 11.9 Å². The van der Waals surface area contributed by atoms with Crippen LogP contribution in [0.5, 0.6) is 11.5 Å². The van der Waals surface area contributed by atoms with E-state index in [1.54, 1.807) is 25.6 Å². The maximum absolute atomic E-state index is 13.6. The Morgan fingerprint density at radius 2 is 1.94 bits per heavy atom. The molecule has 1 aliphatic heterocycles. The molecule has 1 amide bonds. The van der Waals surface area contributed by atoms with Crippen LogP contribution in [0.2, 0.25) is 0 Å². The summed E-state index contributed by atoms with van der Waals surface area (Å²) in [5.41, 5.74) is 4.36. The highest BCUT2D eigenvalue weighted by molar-refractivity contribution is 7.99. The number of amides is 1. The monoisotopic (exact) mass is 493 g/mol. The molecule has 1 atom stereocenters. The molecule has 2 aromatic carbocycles. The Morgan fingerprint density at radius 1 is 1.15 bits per heavy atom. The van der Waals surface area contributed by atoms with E-state index in [1.165, 1.54) is 17.3 Å². The summed E-state index contributed by atoms with van der Waals surface area (Å²) in [4.78, 5) is 21.5. The number of hydrogen-bond donors (Lipinski definition) is 0.